The van der Waals surface area contributed by atoms with E-state index in [1.807, 2.05) is 30.4 Å². The summed E-state index contributed by atoms with van der Waals surface area (Å²) < 4.78 is 14.7. The first-order chi connectivity index (χ1) is 21.0. The molecule has 3 aliphatic rings. The lowest BCUT2D eigenvalue weighted by atomic mass is 10.2. The summed E-state index contributed by atoms with van der Waals surface area (Å²) in [4.78, 5) is 46.6. The Balaban J connectivity index is 1.28. The second kappa shape index (κ2) is 11.1. The fourth-order valence-electron chi connectivity index (χ4n) is 5.75. The van der Waals surface area contributed by atoms with Crippen LogP contribution >= 0.6 is 0 Å². The number of nitrogens with zero attached hydrogens (tertiary/aromatic N) is 8. The van der Waals surface area contributed by atoms with Gasteiger partial charge in [0.25, 0.3) is 11.5 Å². The van der Waals surface area contributed by atoms with E-state index < -0.39 is 0 Å². The van der Waals surface area contributed by atoms with E-state index in [0.717, 1.165) is 56.1 Å². The zero-order valence-electron chi connectivity index (χ0n) is 24.2. The lowest BCUT2D eigenvalue weighted by Crippen LogP contribution is -2.44. The fourth-order valence-corrected chi connectivity index (χ4v) is 5.75. The maximum Gasteiger partial charge on any atom is 0.278 e. The highest BCUT2D eigenvalue weighted by atomic mass is 16.5. The molecule has 2 bridgehead atoms. The number of hydrogen-bond acceptors (Lipinski definition) is 10. The Morgan fingerprint density at radius 3 is 2.70 bits per heavy atom. The van der Waals surface area contributed by atoms with E-state index in [1.54, 1.807) is 33.5 Å². The Hall–Kier alpha value is -4.91. The summed E-state index contributed by atoms with van der Waals surface area (Å²) in [5.41, 5.74) is 1.96. The highest BCUT2D eigenvalue weighted by Gasteiger charge is 2.28. The van der Waals surface area contributed by atoms with Crippen LogP contribution in [0.25, 0.3) is 16.9 Å². The van der Waals surface area contributed by atoms with Gasteiger partial charge < -0.3 is 24.6 Å². The first kappa shape index (κ1) is 27.0. The van der Waals surface area contributed by atoms with Crippen LogP contribution in [0.15, 0.2) is 53.5 Å². The fraction of sp³-hybridized carbons (Fsp3) is 0.367. The number of pyridine rings is 1. The molecule has 222 valence electrons. The van der Waals surface area contributed by atoms with Crippen molar-refractivity contribution < 1.29 is 14.3 Å². The van der Waals surface area contributed by atoms with Crippen molar-refractivity contribution >= 4 is 40.1 Å². The number of piperazine rings is 1. The molecule has 7 rings (SSSR count). The van der Waals surface area contributed by atoms with E-state index in [9.17, 15) is 9.59 Å². The number of aromatic nitrogens is 5. The summed E-state index contributed by atoms with van der Waals surface area (Å²) >= 11 is 0. The van der Waals surface area contributed by atoms with Gasteiger partial charge in [-0.25, -0.2) is 19.3 Å². The highest BCUT2D eigenvalue weighted by molar-refractivity contribution is 5.96. The van der Waals surface area contributed by atoms with Gasteiger partial charge in [0.2, 0.25) is 5.95 Å². The van der Waals surface area contributed by atoms with Gasteiger partial charge in [-0.05, 0) is 44.2 Å². The molecule has 3 aliphatic heterocycles. The van der Waals surface area contributed by atoms with Gasteiger partial charge in [0, 0.05) is 50.7 Å². The molecular formula is C30H33N9O4. The van der Waals surface area contributed by atoms with Crippen LogP contribution in [0.3, 0.4) is 0 Å². The van der Waals surface area contributed by atoms with Gasteiger partial charge in [-0.1, -0.05) is 12.2 Å². The number of hydrogen-bond donors (Lipinski definition) is 1. The number of carbonyl (C=O) groups excluding carboxylic acids is 1. The lowest BCUT2D eigenvalue weighted by Gasteiger charge is -2.34. The third-order valence-electron chi connectivity index (χ3n) is 8.10. The molecule has 0 spiro atoms. The van der Waals surface area contributed by atoms with Crippen LogP contribution in [0.1, 0.15) is 12.8 Å². The van der Waals surface area contributed by atoms with Crippen LogP contribution in [-0.2, 0) is 11.3 Å². The Morgan fingerprint density at radius 2 is 1.86 bits per heavy atom. The average molecular weight is 584 g/mol. The number of amides is 1. The number of allylic oxidation sites excluding steroid dienone is 2. The summed E-state index contributed by atoms with van der Waals surface area (Å²) in [5.74, 6) is 2.36. The first-order valence-corrected chi connectivity index (χ1v) is 14.5. The van der Waals surface area contributed by atoms with Crippen LogP contribution < -0.4 is 30.1 Å². The van der Waals surface area contributed by atoms with Crippen molar-refractivity contribution in [2.45, 2.75) is 19.4 Å². The molecule has 1 saturated heterocycles. The van der Waals surface area contributed by atoms with Crippen molar-refractivity contribution in [2.24, 2.45) is 0 Å². The minimum atomic E-state index is -0.231. The monoisotopic (exact) mass is 583 g/mol. The molecule has 43 heavy (non-hydrogen) atoms. The van der Waals surface area contributed by atoms with Crippen molar-refractivity contribution in [3.63, 3.8) is 0 Å². The van der Waals surface area contributed by atoms with Crippen molar-refractivity contribution in [3.05, 3.63) is 59.0 Å². The second-order valence-electron chi connectivity index (χ2n) is 10.9. The van der Waals surface area contributed by atoms with Crippen molar-refractivity contribution in [1.82, 2.24) is 29.2 Å². The first-order valence-electron chi connectivity index (χ1n) is 14.5. The SMILES string of the molecule is COc1cc(Nc2ncc3c(=O)n4n(c3n2)-c2ccc3c(n2)N(CCC/C=C\C4)C(=O)CO3)ccc1N1CCN(C)CC1. The number of rotatable bonds is 4. The van der Waals surface area contributed by atoms with Gasteiger partial charge >= 0.3 is 0 Å². The Labute approximate surface area is 247 Å². The summed E-state index contributed by atoms with van der Waals surface area (Å²) in [6.45, 7) is 4.69. The number of fused-ring (bicyclic) bond motifs is 5. The van der Waals surface area contributed by atoms with E-state index >= 15 is 0 Å². The number of likely N-dealkylation sites (N-methyl/N-ethyl adjacent to an activating group) is 1. The maximum atomic E-state index is 13.6. The maximum absolute atomic E-state index is 13.6. The highest BCUT2D eigenvalue weighted by Crippen LogP contribution is 2.34. The summed E-state index contributed by atoms with van der Waals surface area (Å²) in [6, 6.07) is 9.50. The van der Waals surface area contributed by atoms with Crippen molar-refractivity contribution in [3.8, 4) is 17.3 Å². The van der Waals surface area contributed by atoms with Gasteiger partial charge in [-0.2, -0.15) is 4.98 Å². The molecular weight excluding hydrogens is 550 g/mol. The molecule has 3 aromatic heterocycles. The number of benzene rings is 1. The third kappa shape index (κ3) is 4.95. The molecule has 0 atom stereocenters. The molecule has 0 aliphatic carbocycles. The lowest BCUT2D eigenvalue weighted by molar-refractivity contribution is -0.121. The summed E-state index contributed by atoms with van der Waals surface area (Å²) in [6.07, 6.45) is 7.05. The van der Waals surface area contributed by atoms with E-state index in [1.165, 1.54) is 6.20 Å². The molecule has 1 amide bonds. The standard InChI is InChI=1S/C30H33N9O4/c1-35-13-15-36(16-14-35)22-8-7-20(17-24(22)42-2)32-30-31-18-21-27(34-30)39-25-10-9-23-28(33-25)37(26(40)19-43-23)11-5-3-4-6-12-38(39)29(21)41/h4,6-10,17-18H,3,5,11-16,19H2,1-2H3,(H,31,32,34)/b6-4-. The van der Waals surface area contributed by atoms with E-state index in [2.05, 4.69) is 27.1 Å². The van der Waals surface area contributed by atoms with E-state index in [-0.39, 0.29) is 18.1 Å². The molecule has 1 aromatic carbocycles. The topological polar surface area (TPSA) is 123 Å². The van der Waals surface area contributed by atoms with Crippen LogP contribution in [0.2, 0.25) is 0 Å². The smallest absolute Gasteiger partial charge is 0.278 e. The Bertz CT molecular complexity index is 1790. The van der Waals surface area contributed by atoms with E-state index in [4.69, 9.17) is 19.4 Å². The number of carbonyl (C=O) groups is 1. The van der Waals surface area contributed by atoms with Crippen LogP contribution in [0.4, 0.5) is 23.1 Å². The van der Waals surface area contributed by atoms with Crippen LogP contribution in [-0.4, -0.2) is 88.6 Å². The molecule has 13 nitrogen and oxygen atoms in total. The minimum Gasteiger partial charge on any atom is -0.495 e. The molecule has 4 aromatic rings. The predicted octanol–water partition coefficient (Wildman–Crippen LogP) is 2.56. The van der Waals surface area contributed by atoms with E-state index in [0.29, 0.717) is 47.5 Å². The van der Waals surface area contributed by atoms with Crippen LogP contribution in [0.5, 0.6) is 11.5 Å². The van der Waals surface area contributed by atoms with Crippen LogP contribution in [0, 0.1) is 0 Å². The minimum absolute atomic E-state index is 0.0234. The summed E-state index contributed by atoms with van der Waals surface area (Å²) in [5, 5.41) is 3.64. The third-order valence-corrected chi connectivity index (χ3v) is 8.10. The predicted molar refractivity (Wildman–Crippen MR) is 163 cm³/mol. The number of ether oxygens (including phenoxy) is 2. The largest absolute Gasteiger partial charge is 0.495 e. The Kier molecular flexibility index (Phi) is 6.93. The van der Waals surface area contributed by atoms with Gasteiger partial charge in [-0.3, -0.25) is 14.5 Å². The normalized spacial score (nSPS) is 18.0. The number of nitrogens with one attached hydrogen (secondary N) is 1. The van der Waals surface area contributed by atoms with Gasteiger partial charge in [0.15, 0.2) is 29.6 Å². The second-order valence-corrected chi connectivity index (χ2v) is 10.9. The average Bonchev–Trinajstić information content (AvgIpc) is 3.29. The summed E-state index contributed by atoms with van der Waals surface area (Å²) in [7, 11) is 3.80. The van der Waals surface area contributed by atoms with Gasteiger partial charge in [0.1, 0.15) is 11.1 Å². The molecule has 0 radical (unpaired) electrons. The Morgan fingerprint density at radius 1 is 1.00 bits per heavy atom. The number of methoxy groups -OCH3 is 1. The number of anilines is 4. The molecule has 13 heteroatoms. The van der Waals surface area contributed by atoms with Gasteiger partial charge in [0.05, 0.1) is 19.3 Å². The zero-order chi connectivity index (χ0) is 29.5. The molecule has 0 unspecified atom stereocenters. The quantitative estimate of drug-likeness (QED) is 0.359. The van der Waals surface area contributed by atoms with Gasteiger partial charge in [-0.15, -0.1) is 0 Å². The van der Waals surface area contributed by atoms with Crippen molar-refractivity contribution in [1.29, 1.82) is 0 Å². The molecule has 6 heterocycles. The molecule has 1 fully saturated rings. The van der Waals surface area contributed by atoms with Crippen molar-refractivity contribution in [2.75, 3.05) is 68.6 Å². The molecule has 0 saturated carbocycles. The zero-order valence-corrected chi connectivity index (χ0v) is 24.2. The molecule has 1 N–H and O–H groups in total.